The summed E-state index contributed by atoms with van der Waals surface area (Å²) in [6.07, 6.45) is 1.64. The zero-order valence-electron chi connectivity index (χ0n) is 18.5. The van der Waals surface area contributed by atoms with E-state index in [1.807, 2.05) is 0 Å². The van der Waals surface area contributed by atoms with Crippen molar-refractivity contribution in [1.82, 2.24) is 0 Å². The maximum Gasteiger partial charge on any atom is 0.300 e. The number of rotatable bonds is 4. The van der Waals surface area contributed by atoms with Crippen LogP contribution < -0.4 is 14.4 Å². The lowest BCUT2D eigenvalue weighted by Crippen LogP contribution is -2.29. The van der Waals surface area contributed by atoms with Crippen molar-refractivity contribution in [2.75, 3.05) is 18.6 Å². The number of nitrogens with zero attached hydrogens (tertiary/aromatic N) is 1. The highest BCUT2D eigenvalue weighted by molar-refractivity contribution is 6.51. The average Bonchev–Trinajstić information content (AvgIpc) is 3.13. The van der Waals surface area contributed by atoms with Crippen LogP contribution in [0.2, 0.25) is 0 Å². The number of aliphatic hydroxyl groups is 1. The van der Waals surface area contributed by atoms with E-state index in [4.69, 9.17) is 9.47 Å². The van der Waals surface area contributed by atoms with Crippen molar-refractivity contribution in [3.8, 4) is 11.5 Å². The van der Waals surface area contributed by atoms with E-state index in [0.717, 1.165) is 24.2 Å². The molecule has 3 aromatic rings. The smallest absolute Gasteiger partial charge is 0.300 e. The van der Waals surface area contributed by atoms with Gasteiger partial charge in [-0.25, -0.2) is 4.39 Å². The molecule has 0 aliphatic carbocycles. The molecule has 1 atom stereocenters. The number of carbonyl (C=O) groups excluding carboxylic acids is 2. The number of aryl methyl sites for hydroxylation is 1. The van der Waals surface area contributed by atoms with Crippen molar-refractivity contribution in [3.05, 3.63) is 94.8 Å². The Morgan fingerprint density at radius 3 is 2.62 bits per heavy atom. The van der Waals surface area contributed by atoms with E-state index in [1.165, 1.54) is 36.3 Å². The largest absolute Gasteiger partial charge is 0.507 e. The molecule has 1 saturated heterocycles. The van der Waals surface area contributed by atoms with Crippen LogP contribution >= 0.6 is 0 Å². The number of amides is 1. The minimum atomic E-state index is -0.964. The van der Waals surface area contributed by atoms with Crippen LogP contribution in [0.3, 0.4) is 0 Å². The standard InChI is InChI=1S/C27H22FNO5/c1-33-22-7-3-2-6-20(22)24-23(25(30)17-8-13-21-16(15-17)5-4-14-34-21)26(31)27(32)29(24)19-11-9-18(28)10-12-19/h2-3,6-13,15,24,30H,4-5,14H2,1H3/b25-23+. The van der Waals surface area contributed by atoms with Crippen molar-refractivity contribution in [2.45, 2.75) is 18.9 Å². The molecule has 0 aromatic heterocycles. The first kappa shape index (κ1) is 21.7. The summed E-state index contributed by atoms with van der Waals surface area (Å²) >= 11 is 0. The third-order valence-electron chi connectivity index (χ3n) is 6.16. The molecule has 1 N–H and O–H groups in total. The number of anilines is 1. The first-order chi connectivity index (χ1) is 16.5. The Balaban J connectivity index is 1.72. The lowest BCUT2D eigenvalue weighted by Gasteiger charge is -2.26. The summed E-state index contributed by atoms with van der Waals surface area (Å²) in [6, 6.07) is 16.5. The monoisotopic (exact) mass is 459 g/mol. The van der Waals surface area contributed by atoms with Crippen LogP contribution in [0.1, 0.15) is 29.2 Å². The molecule has 6 nitrogen and oxygen atoms in total. The summed E-state index contributed by atoms with van der Waals surface area (Å²) in [5.41, 5.74) is 2.14. The van der Waals surface area contributed by atoms with Gasteiger partial charge in [-0.15, -0.1) is 0 Å². The van der Waals surface area contributed by atoms with E-state index < -0.39 is 23.5 Å². The number of hydrogen-bond donors (Lipinski definition) is 1. The number of ketones is 1. The Labute approximate surface area is 195 Å². The van der Waals surface area contributed by atoms with Gasteiger partial charge in [-0.3, -0.25) is 14.5 Å². The summed E-state index contributed by atoms with van der Waals surface area (Å²) in [6.45, 7) is 0.634. The summed E-state index contributed by atoms with van der Waals surface area (Å²) in [5.74, 6) is -1.20. The molecule has 0 saturated carbocycles. The Bertz CT molecular complexity index is 1310. The van der Waals surface area contributed by atoms with Gasteiger partial charge in [0.2, 0.25) is 0 Å². The summed E-state index contributed by atoms with van der Waals surface area (Å²) in [4.78, 5) is 27.8. The molecule has 34 heavy (non-hydrogen) atoms. The fourth-order valence-electron chi connectivity index (χ4n) is 4.55. The molecule has 1 fully saturated rings. The van der Waals surface area contributed by atoms with Gasteiger partial charge in [0.1, 0.15) is 23.1 Å². The zero-order valence-corrected chi connectivity index (χ0v) is 18.5. The van der Waals surface area contributed by atoms with Crippen molar-refractivity contribution in [1.29, 1.82) is 0 Å². The molecular weight excluding hydrogens is 437 g/mol. The van der Waals surface area contributed by atoms with Gasteiger partial charge >= 0.3 is 0 Å². The van der Waals surface area contributed by atoms with E-state index in [1.54, 1.807) is 42.5 Å². The van der Waals surface area contributed by atoms with E-state index in [0.29, 0.717) is 29.2 Å². The Hall–Kier alpha value is -4.13. The maximum absolute atomic E-state index is 13.6. The van der Waals surface area contributed by atoms with Gasteiger partial charge in [-0.2, -0.15) is 0 Å². The van der Waals surface area contributed by atoms with Crippen LogP contribution in [0.5, 0.6) is 11.5 Å². The van der Waals surface area contributed by atoms with Crippen LogP contribution in [0.15, 0.2) is 72.3 Å². The molecule has 3 aromatic carbocycles. The minimum absolute atomic E-state index is 0.0597. The topological polar surface area (TPSA) is 76.1 Å². The Morgan fingerprint density at radius 1 is 1.09 bits per heavy atom. The molecule has 172 valence electrons. The number of benzene rings is 3. The molecule has 0 radical (unpaired) electrons. The molecule has 1 amide bonds. The van der Waals surface area contributed by atoms with Gasteiger partial charge in [-0.05, 0) is 66.9 Å². The first-order valence-corrected chi connectivity index (χ1v) is 10.9. The highest BCUT2D eigenvalue weighted by Gasteiger charge is 2.48. The van der Waals surface area contributed by atoms with Gasteiger partial charge < -0.3 is 14.6 Å². The van der Waals surface area contributed by atoms with Crippen LogP contribution in [-0.2, 0) is 16.0 Å². The van der Waals surface area contributed by atoms with Crippen LogP contribution in [0, 0.1) is 5.82 Å². The van der Waals surface area contributed by atoms with Crippen LogP contribution in [0.25, 0.3) is 5.76 Å². The first-order valence-electron chi connectivity index (χ1n) is 10.9. The Morgan fingerprint density at radius 2 is 1.85 bits per heavy atom. The van der Waals surface area contributed by atoms with E-state index in [-0.39, 0.29) is 11.3 Å². The molecule has 2 heterocycles. The molecule has 0 bridgehead atoms. The summed E-state index contributed by atoms with van der Waals surface area (Å²) < 4.78 is 24.8. The third-order valence-corrected chi connectivity index (χ3v) is 6.16. The number of methoxy groups -OCH3 is 1. The lowest BCUT2D eigenvalue weighted by atomic mass is 9.93. The van der Waals surface area contributed by atoms with E-state index >= 15 is 0 Å². The molecule has 7 heteroatoms. The summed E-state index contributed by atoms with van der Waals surface area (Å²) in [5, 5.41) is 11.4. The fourth-order valence-corrected chi connectivity index (χ4v) is 4.55. The lowest BCUT2D eigenvalue weighted by molar-refractivity contribution is -0.132. The van der Waals surface area contributed by atoms with Crippen molar-refractivity contribution >= 4 is 23.1 Å². The molecule has 1 unspecified atom stereocenters. The fraction of sp³-hybridized carbons (Fsp3) is 0.185. The normalized spacial score (nSPS) is 19.0. The number of Topliss-reactive ketones (excluding diaryl/α,β-unsaturated/α-hetero) is 1. The molecule has 2 aliphatic rings. The molecule has 5 rings (SSSR count). The quantitative estimate of drug-likeness (QED) is 0.345. The number of halogens is 1. The number of ether oxygens (including phenoxy) is 2. The Kier molecular flexibility index (Phi) is 5.53. The minimum Gasteiger partial charge on any atom is -0.507 e. The number of para-hydroxylation sites is 1. The van der Waals surface area contributed by atoms with Crippen LogP contribution in [-0.4, -0.2) is 30.5 Å². The van der Waals surface area contributed by atoms with Gasteiger partial charge in [-0.1, -0.05) is 18.2 Å². The third kappa shape index (κ3) is 3.59. The zero-order chi connectivity index (χ0) is 23.8. The number of carbonyl (C=O) groups is 2. The second-order valence-corrected chi connectivity index (χ2v) is 8.16. The second kappa shape index (κ2) is 8.67. The van der Waals surface area contributed by atoms with Crippen LogP contribution in [0.4, 0.5) is 10.1 Å². The number of hydrogen-bond acceptors (Lipinski definition) is 5. The number of aliphatic hydroxyl groups excluding tert-OH is 1. The average molecular weight is 459 g/mol. The second-order valence-electron chi connectivity index (χ2n) is 8.16. The molecule has 2 aliphatic heterocycles. The van der Waals surface area contributed by atoms with Gasteiger partial charge in [0.05, 0.1) is 25.3 Å². The van der Waals surface area contributed by atoms with Crippen molar-refractivity contribution in [2.24, 2.45) is 0 Å². The van der Waals surface area contributed by atoms with E-state index in [2.05, 4.69) is 0 Å². The highest BCUT2D eigenvalue weighted by Crippen LogP contribution is 2.45. The summed E-state index contributed by atoms with van der Waals surface area (Å²) in [7, 11) is 1.49. The van der Waals surface area contributed by atoms with Crippen molar-refractivity contribution in [3.63, 3.8) is 0 Å². The molecular formula is C27H22FNO5. The molecule has 0 spiro atoms. The van der Waals surface area contributed by atoms with Gasteiger partial charge in [0.25, 0.3) is 11.7 Å². The van der Waals surface area contributed by atoms with Gasteiger partial charge in [0, 0.05) is 16.8 Å². The maximum atomic E-state index is 13.6. The highest BCUT2D eigenvalue weighted by atomic mass is 19.1. The van der Waals surface area contributed by atoms with Crippen molar-refractivity contribution < 1.29 is 28.6 Å². The van der Waals surface area contributed by atoms with E-state index in [9.17, 15) is 19.1 Å². The number of fused-ring (bicyclic) bond motifs is 1. The van der Waals surface area contributed by atoms with Gasteiger partial charge in [0.15, 0.2) is 0 Å². The predicted molar refractivity (Wildman–Crippen MR) is 124 cm³/mol. The SMILES string of the molecule is COc1ccccc1C1/C(=C(\O)c2ccc3c(c2)CCCO3)C(=O)C(=O)N1c1ccc(F)cc1. The predicted octanol–water partition coefficient (Wildman–Crippen LogP) is 4.79.